The lowest BCUT2D eigenvalue weighted by Gasteiger charge is -2.17. The Morgan fingerprint density at radius 2 is 1.84 bits per heavy atom. The molecule has 0 radical (unpaired) electrons. The summed E-state index contributed by atoms with van der Waals surface area (Å²) in [4.78, 5) is 25.5. The number of nitrogens with one attached hydrogen (secondary N) is 1. The second-order valence-corrected chi connectivity index (χ2v) is 5.48. The molecule has 0 aliphatic carbocycles. The number of rotatable bonds is 6. The molecule has 7 heteroatoms. The van der Waals surface area contributed by atoms with Crippen molar-refractivity contribution in [1.82, 2.24) is 4.90 Å². The predicted octanol–water partition coefficient (Wildman–Crippen LogP) is 3.31. The molecule has 2 aromatic rings. The Balaban J connectivity index is 1.97. The van der Waals surface area contributed by atoms with Gasteiger partial charge in [-0.15, -0.1) is 0 Å². The van der Waals surface area contributed by atoms with Gasteiger partial charge in [-0.05, 0) is 37.3 Å². The molecule has 0 saturated heterocycles. The minimum atomic E-state index is -2.97. The second-order valence-electron chi connectivity index (χ2n) is 5.48. The van der Waals surface area contributed by atoms with E-state index in [-0.39, 0.29) is 23.8 Å². The van der Waals surface area contributed by atoms with Gasteiger partial charge in [-0.1, -0.05) is 23.8 Å². The van der Waals surface area contributed by atoms with E-state index in [1.54, 1.807) is 12.1 Å². The van der Waals surface area contributed by atoms with Gasteiger partial charge in [0.1, 0.15) is 5.75 Å². The first kappa shape index (κ1) is 18.4. The fraction of sp³-hybridized carbons (Fsp3) is 0.222. The molecule has 0 aliphatic rings. The van der Waals surface area contributed by atoms with E-state index in [0.29, 0.717) is 5.69 Å². The van der Waals surface area contributed by atoms with E-state index in [9.17, 15) is 18.4 Å². The number of alkyl halides is 2. The SMILES string of the molecule is Cc1ccc(NC(=O)CN(C)C(=O)c2cccc(OC(F)F)c2)cc1. The standard InChI is InChI=1S/C18H18F2N2O3/c1-12-6-8-14(9-7-12)21-16(23)11-22(2)17(24)13-4-3-5-15(10-13)25-18(19)20/h3-10,18H,11H2,1-2H3,(H,21,23). The molecule has 2 aromatic carbocycles. The number of carbonyl (C=O) groups excluding carboxylic acids is 2. The quantitative estimate of drug-likeness (QED) is 0.871. The summed E-state index contributed by atoms with van der Waals surface area (Å²) in [5.41, 5.74) is 1.85. The number of hydrogen-bond acceptors (Lipinski definition) is 3. The predicted molar refractivity (Wildman–Crippen MR) is 89.8 cm³/mol. The van der Waals surface area contributed by atoms with Gasteiger partial charge in [0, 0.05) is 18.3 Å². The Morgan fingerprint density at radius 1 is 1.16 bits per heavy atom. The van der Waals surface area contributed by atoms with Crippen molar-refractivity contribution in [2.24, 2.45) is 0 Å². The Bertz CT molecular complexity index is 748. The number of ether oxygens (including phenoxy) is 1. The molecule has 0 spiro atoms. The summed E-state index contributed by atoms with van der Waals surface area (Å²) in [6.07, 6.45) is 0. The number of benzene rings is 2. The van der Waals surface area contributed by atoms with Crippen LogP contribution in [0.3, 0.4) is 0 Å². The van der Waals surface area contributed by atoms with Crippen LogP contribution in [0.4, 0.5) is 14.5 Å². The van der Waals surface area contributed by atoms with Gasteiger partial charge in [0.05, 0.1) is 6.54 Å². The zero-order chi connectivity index (χ0) is 18.4. The number of hydrogen-bond donors (Lipinski definition) is 1. The Kier molecular flexibility index (Phi) is 6.05. The number of halogens is 2. The molecule has 0 heterocycles. The van der Waals surface area contributed by atoms with Crippen LogP contribution in [-0.2, 0) is 4.79 Å². The molecule has 25 heavy (non-hydrogen) atoms. The van der Waals surface area contributed by atoms with Gasteiger partial charge < -0.3 is 15.0 Å². The molecule has 0 aromatic heterocycles. The summed E-state index contributed by atoms with van der Waals surface area (Å²) >= 11 is 0. The molecule has 2 rings (SSSR count). The smallest absolute Gasteiger partial charge is 0.387 e. The third-order valence-corrected chi connectivity index (χ3v) is 3.37. The summed E-state index contributed by atoms with van der Waals surface area (Å²) in [7, 11) is 1.46. The van der Waals surface area contributed by atoms with Crippen molar-refractivity contribution in [3.8, 4) is 5.75 Å². The minimum Gasteiger partial charge on any atom is -0.435 e. The number of amides is 2. The average molecular weight is 348 g/mol. The van der Waals surface area contributed by atoms with Gasteiger partial charge in [0.25, 0.3) is 5.91 Å². The topological polar surface area (TPSA) is 58.6 Å². The first-order valence-electron chi connectivity index (χ1n) is 7.52. The van der Waals surface area contributed by atoms with Crippen molar-refractivity contribution in [1.29, 1.82) is 0 Å². The van der Waals surface area contributed by atoms with Gasteiger partial charge >= 0.3 is 6.61 Å². The van der Waals surface area contributed by atoms with Crippen LogP contribution in [0.15, 0.2) is 48.5 Å². The van der Waals surface area contributed by atoms with Crippen LogP contribution in [0.2, 0.25) is 0 Å². The minimum absolute atomic E-state index is 0.113. The van der Waals surface area contributed by atoms with E-state index in [0.717, 1.165) is 5.56 Å². The second kappa shape index (κ2) is 8.23. The van der Waals surface area contributed by atoms with Crippen LogP contribution < -0.4 is 10.1 Å². The Hall–Kier alpha value is -2.96. The first-order valence-corrected chi connectivity index (χ1v) is 7.52. The van der Waals surface area contributed by atoms with E-state index in [1.807, 2.05) is 19.1 Å². The maximum atomic E-state index is 12.3. The summed E-state index contributed by atoms with van der Waals surface area (Å²) < 4.78 is 28.8. The largest absolute Gasteiger partial charge is 0.435 e. The molecule has 5 nitrogen and oxygen atoms in total. The maximum Gasteiger partial charge on any atom is 0.387 e. The number of likely N-dealkylation sites (N-methyl/N-ethyl adjacent to an activating group) is 1. The third-order valence-electron chi connectivity index (χ3n) is 3.37. The van der Waals surface area contributed by atoms with Crippen molar-refractivity contribution in [3.05, 3.63) is 59.7 Å². The van der Waals surface area contributed by atoms with Crippen molar-refractivity contribution >= 4 is 17.5 Å². The molecular formula is C18H18F2N2O3. The molecule has 0 fully saturated rings. The summed E-state index contributed by atoms with van der Waals surface area (Å²) in [5.74, 6) is -0.947. The van der Waals surface area contributed by atoms with Crippen LogP contribution in [0.25, 0.3) is 0 Å². The molecule has 0 unspecified atom stereocenters. The number of aryl methyl sites for hydroxylation is 1. The molecule has 2 amide bonds. The highest BCUT2D eigenvalue weighted by Gasteiger charge is 2.16. The monoisotopic (exact) mass is 348 g/mol. The number of carbonyl (C=O) groups is 2. The molecule has 1 N–H and O–H groups in total. The van der Waals surface area contributed by atoms with Crippen molar-refractivity contribution < 1.29 is 23.1 Å². The van der Waals surface area contributed by atoms with Crippen LogP contribution in [-0.4, -0.2) is 36.9 Å². The lowest BCUT2D eigenvalue weighted by molar-refractivity contribution is -0.116. The normalized spacial score (nSPS) is 10.4. The van der Waals surface area contributed by atoms with E-state index in [2.05, 4.69) is 10.1 Å². The molecule has 0 aliphatic heterocycles. The third kappa shape index (κ3) is 5.56. The van der Waals surface area contributed by atoms with E-state index < -0.39 is 12.5 Å². The highest BCUT2D eigenvalue weighted by molar-refractivity contribution is 5.99. The van der Waals surface area contributed by atoms with E-state index in [4.69, 9.17) is 0 Å². The first-order chi connectivity index (χ1) is 11.8. The van der Waals surface area contributed by atoms with E-state index >= 15 is 0 Å². The van der Waals surface area contributed by atoms with Crippen molar-refractivity contribution in [2.45, 2.75) is 13.5 Å². The number of anilines is 1. The fourth-order valence-electron chi connectivity index (χ4n) is 2.15. The Morgan fingerprint density at radius 3 is 2.48 bits per heavy atom. The Labute approximate surface area is 144 Å². The highest BCUT2D eigenvalue weighted by atomic mass is 19.3. The van der Waals surface area contributed by atoms with Gasteiger partial charge in [-0.2, -0.15) is 8.78 Å². The van der Waals surface area contributed by atoms with Gasteiger partial charge in [-0.3, -0.25) is 9.59 Å². The van der Waals surface area contributed by atoms with Gasteiger partial charge in [-0.25, -0.2) is 0 Å². The highest BCUT2D eigenvalue weighted by Crippen LogP contribution is 2.17. The van der Waals surface area contributed by atoms with Crippen LogP contribution >= 0.6 is 0 Å². The van der Waals surface area contributed by atoms with Crippen LogP contribution in [0.5, 0.6) is 5.75 Å². The lowest BCUT2D eigenvalue weighted by atomic mass is 10.2. The van der Waals surface area contributed by atoms with Crippen LogP contribution in [0.1, 0.15) is 15.9 Å². The maximum absolute atomic E-state index is 12.3. The zero-order valence-corrected chi connectivity index (χ0v) is 13.8. The molecule has 0 atom stereocenters. The van der Waals surface area contributed by atoms with Gasteiger partial charge in [0.15, 0.2) is 0 Å². The summed E-state index contributed by atoms with van der Waals surface area (Å²) in [6, 6.07) is 12.7. The van der Waals surface area contributed by atoms with Gasteiger partial charge in [0.2, 0.25) is 5.91 Å². The average Bonchev–Trinajstić information content (AvgIpc) is 2.55. The fourth-order valence-corrected chi connectivity index (χ4v) is 2.15. The van der Waals surface area contributed by atoms with Crippen molar-refractivity contribution in [3.63, 3.8) is 0 Å². The number of nitrogens with zero attached hydrogens (tertiary/aromatic N) is 1. The molecule has 0 bridgehead atoms. The molecule has 132 valence electrons. The zero-order valence-electron chi connectivity index (χ0n) is 13.8. The van der Waals surface area contributed by atoms with E-state index in [1.165, 1.54) is 36.2 Å². The molecule has 0 saturated carbocycles. The summed E-state index contributed by atoms with van der Waals surface area (Å²) in [5, 5.41) is 2.69. The summed E-state index contributed by atoms with van der Waals surface area (Å²) in [6.45, 7) is -1.21. The molecular weight excluding hydrogens is 330 g/mol. The lowest BCUT2D eigenvalue weighted by Crippen LogP contribution is -2.34. The van der Waals surface area contributed by atoms with Crippen molar-refractivity contribution in [2.75, 3.05) is 18.9 Å². The van der Waals surface area contributed by atoms with Crippen LogP contribution in [0, 0.1) is 6.92 Å².